The summed E-state index contributed by atoms with van der Waals surface area (Å²) in [5.74, 6) is 0. The Morgan fingerprint density at radius 1 is 1.26 bits per heavy atom. The molecule has 5 heteroatoms. The number of hydrogen-bond donors (Lipinski definition) is 1. The van der Waals surface area contributed by atoms with Crippen molar-refractivity contribution >= 4 is 27.3 Å². The number of nitrogens with zero attached hydrogens (tertiary/aromatic N) is 2. The molecule has 0 spiro atoms. The molecule has 1 aromatic carbocycles. The third kappa shape index (κ3) is 3.61. The Bertz CT molecular complexity index is 527. The van der Waals surface area contributed by atoms with Crippen LogP contribution in [-0.2, 0) is 0 Å². The third-order valence-corrected chi connectivity index (χ3v) is 4.65. The SMILES string of the molecule is CCCNC(CC)c1nnc(-c2ccccc2Br)s1. The molecule has 1 aromatic heterocycles. The van der Waals surface area contributed by atoms with E-state index in [0.29, 0.717) is 6.04 Å². The maximum Gasteiger partial charge on any atom is 0.148 e. The highest BCUT2D eigenvalue weighted by Crippen LogP contribution is 2.32. The Morgan fingerprint density at radius 2 is 2.05 bits per heavy atom. The lowest BCUT2D eigenvalue weighted by atomic mass is 10.2. The van der Waals surface area contributed by atoms with Crippen LogP contribution in [0.5, 0.6) is 0 Å². The Hall–Kier alpha value is -0.780. The van der Waals surface area contributed by atoms with Gasteiger partial charge in [0.25, 0.3) is 0 Å². The molecule has 1 N–H and O–H groups in total. The van der Waals surface area contributed by atoms with Crippen molar-refractivity contribution in [2.24, 2.45) is 0 Å². The zero-order valence-corrected chi connectivity index (χ0v) is 13.6. The standard InChI is InChI=1S/C14H18BrN3S/c1-3-9-16-12(4-2)14-18-17-13(19-14)10-7-5-6-8-11(10)15/h5-8,12,16H,3-4,9H2,1-2H3. The van der Waals surface area contributed by atoms with E-state index in [4.69, 9.17) is 0 Å². The summed E-state index contributed by atoms with van der Waals surface area (Å²) in [6.45, 7) is 5.36. The summed E-state index contributed by atoms with van der Waals surface area (Å²) in [5, 5.41) is 14.2. The van der Waals surface area contributed by atoms with Gasteiger partial charge in [-0.15, -0.1) is 10.2 Å². The summed E-state index contributed by atoms with van der Waals surface area (Å²) in [7, 11) is 0. The normalized spacial score (nSPS) is 12.6. The second-order valence-electron chi connectivity index (χ2n) is 4.34. The second-order valence-corrected chi connectivity index (χ2v) is 6.20. The molecule has 1 atom stereocenters. The maximum absolute atomic E-state index is 4.34. The molecule has 0 saturated carbocycles. The number of halogens is 1. The Morgan fingerprint density at radius 3 is 2.74 bits per heavy atom. The number of benzene rings is 1. The fraction of sp³-hybridized carbons (Fsp3) is 0.429. The van der Waals surface area contributed by atoms with E-state index >= 15 is 0 Å². The van der Waals surface area contributed by atoms with Crippen LogP contribution in [0.3, 0.4) is 0 Å². The van der Waals surface area contributed by atoms with Crippen LogP contribution in [-0.4, -0.2) is 16.7 Å². The molecule has 19 heavy (non-hydrogen) atoms. The zero-order valence-electron chi connectivity index (χ0n) is 11.2. The first kappa shape index (κ1) is 14.6. The maximum atomic E-state index is 4.34. The lowest BCUT2D eigenvalue weighted by molar-refractivity contribution is 0.513. The quantitative estimate of drug-likeness (QED) is 0.846. The highest BCUT2D eigenvalue weighted by molar-refractivity contribution is 9.10. The second kappa shape index (κ2) is 7.12. The van der Waals surface area contributed by atoms with Crippen LogP contribution >= 0.6 is 27.3 Å². The van der Waals surface area contributed by atoms with Crippen LogP contribution in [0.15, 0.2) is 28.7 Å². The largest absolute Gasteiger partial charge is 0.308 e. The van der Waals surface area contributed by atoms with Crippen LogP contribution in [0.25, 0.3) is 10.6 Å². The van der Waals surface area contributed by atoms with Crippen LogP contribution in [0, 0.1) is 0 Å². The predicted molar refractivity (Wildman–Crippen MR) is 84.4 cm³/mol. The van der Waals surface area contributed by atoms with Crippen molar-refractivity contribution in [3.8, 4) is 10.6 Å². The average Bonchev–Trinajstić information content (AvgIpc) is 2.90. The zero-order chi connectivity index (χ0) is 13.7. The van der Waals surface area contributed by atoms with Gasteiger partial charge in [-0.3, -0.25) is 0 Å². The highest BCUT2D eigenvalue weighted by atomic mass is 79.9. The fourth-order valence-corrected chi connectivity index (χ4v) is 3.49. The highest BCUT2D eigenvalue weighted by Gasteiger charge is 2.15. The van der Waals surface area contributed by atoms with E-state index in [2.05, 4.69) is 51.4 Å². The first-order chi connectivity index (χ1) is 9.26. The van der Waals surface area contributed by atoms with Gasteiger partial charge < -0.3 is 5.32 Å². The molecule has 0 aliphatic rings. The van der Waals surface area contributed by atoms with Crippen LogP contribution in [0.1, 0.15) is 37.7 Å². The molecule has 102 valence electrons. The molecule has 2 rings (SSSR count). The first-order valence-electron chi connectivity index (χ1n) is 6.58. The van der Waals surface area contributed by atoms with Gasteiger partial charge in [0.1, 0.15) is 10.0 Å². The van der Waals surface area contributed by atoms with Crippen molar-refractivity contribution in [2.75, 3.05) is 6.54 Å². The van der Waals surface area contributed by atoms with E-state index in [0.717, 1.165) is 39.4 Å². The van der Waals surface area contributed by atoms with Gasteiger partial charge in [-0.25, -0.2) is 0 Å². The Balaban J connectivity index is 2.21. The van der Waals surface area contributed by atoms with Crippen LogP contribution < -0.4 is 5.32 Å². The molecule has 0 aliphatic heterocycles. The minimum absolute atomic E-state index is 0.314. The summed E-state index contributed by atoms with van der Waals surface area (Å²) in [6, 6.07) is 8.44. The summed E-state index contributed by atoms with van der Waals surface area (Å²) in [4.78, 5) is 0. The molecule has 2 aromatic rings. The van der Waals surface area contributed by atoms with Crippen molar-refractivity contribution in [1.29, 1.82) is 0 Å². The van der Waals surface area contributed by atoms with Gasteiger partial charge in [0, 0.05) is 10.0 Å². The molecular formula is C14H18BrN3S. The molecule has 1 heterocycles. The van der Waals surface area contributed by atoms with Gasteiger partial charge in [-0.05, 0) is 25.5 Å². The molecule has 0 aliphatic carbocycles. The molecule has 0 saturated heterocycles. The van der Waals surface area contributed by atoms with Gasteiger partial charge in [-0.1, -0.05) is 59.3 Å². The summed E-state index contributed by atoms with van der Waals surface area (Å²) in [5.41, 5.74) is 1.11. The lowest BCUT2D eigenvalue weighted by Gasteiger charge is -2.12. The fourth-order valence-electron chi connectivity index (χ4n) is 1.84. The molecular weight excluding hydrogens is 322 g/mol. The molecule has 3 nitrogen and oxygen atoms in total. The van der Waals surface area contributed by atoms with Gasteiger partial charge >= 0.3 is 0 Å². The van der Waals surface area contributed by atoms with Crippen molar-refractivity contribution in [1.82, 2.24) is 15.5 Å². The summed E-state index contributed by atoms with van der Waals surface area (Å²) < 4.78 is 1.06. The molecule has 0 bridgehead atoms. The number of rotatable bonds is 6. The molecule has 0 amide bonds. The minimum Gasteiger partial charge on any atom is -0.308 e. The number of nitrogens with one attached hydrogen (secondary N) is 1. The van der Waals surface area contributed by atoms with E-state index in [9.17, 15) is 0 Å². The van der Waals surface area contributed by atoms with E-state index < -0.39 is 0 Å². The van der Waals surface area contributed by atoms with Crippen LogP contribution in [0.4, 0.5) is 0 Å². The first-order valence-corrected chi connectivity index (χ1v) is 8.18. The molecule has 0 radical (unpaired) electrons. The van der Waals surface area contributed by atoms with Gasteiger partial charge in [0.2, 0.25) is 0 Å². The monoisotopic (exact) mass is 339 g/mol. The van der Waals surface area contributed by atoms with E-state index in [1.54, 1.807) is 11.3 Å². The summed E-state index contributed by atoms with van der Waals surface area (Å²) in [6.07, 6.45) is 2.16. The minimum atomic E-state index is 0.314. The van der Waals surface area contributed by atoms with Crippen molar-refractivity contribution < 1.29 is 0 Å². The van der Waals surface area contributed by atoms with Crippen molar-refractivity contribution in [3.05, 3.63) is 33.7 Å². The number of aromatic nitrogens is 2. The van der Waals surface area contributed by atoms with Gasteiger partial charge in [0.05, 0.1) is 6.04 Å². The van der Waals surface area contributed by atoms with E-state index in [-0.39, 0.29) is 0 Å². The predicted octanol–water partition coefficient (Wildman–Crippen LogP) is 4.42. The third-order valence-electron chi connectivity index (χ3n) is 2.89. The average molecular weight is 340 g/mol. The molecule has 1 unspecified atom stereocenters. The van der Waals surface area contributed by atoms with E-state index in [1.807, 2.05) is 18.2 Å². The van der Waals surface area contributed by atoms with Crippen molar-refractivity contribution in [2.45, 2.75) is 32.7 Å². The van der Waals surface area contributed by atoms with Gasteiger partial charge in [0.15, 0.2) is 0 Å². The van der Waals surface area contributed by atoms with Crippen LogP contribution in [0.2, 0.25) is 0 Å². The smallest absolute Gasteiger partial charge is 0.148 e. The lowest BCUT2D eigenvalue weighted by Crippen LogP contribution is -2.21. The van der Waals surface area contributed by atoms with E-state index in [1.165, 1.54) is 0 Å². The topological polar surface area (TPSA) is 37.8 Å². The molecule has 0 fully saturated rings. The Labute approximate surface area is 126 Å². The number of hydrogen-bond acceptors (Lipinski definition) is 4. The summed E-state index contributed by atoms with van der Waals surface area (Å²) >= 11 is 5.23. The van der Waals surface area contributed by atoms with Gasteiger partial charge in [-0.2, -0.15) is 0 Å². The Kier molecular flexibility index (Phi) is 5.48. The van der Waals surface area contributed by atoms with Crippen molar-refractivity contribution in [3.63, 3.8) is 0 Å².